The van der Waals surface area contributed by atoms with Gasteiger partial charge in [0.25, 0.3) is 0 Å². The molecule has 0 unspecified atom stereocenters. The minimum absolute atomic E-state index is 0.0786. The fourth-order valence-electron chi connectivity index (χ4n) is 2.52. The molecule has 0 fully saturated rings. The molecule has 4 nitrogen and oxygen atoms in total. The van der Waals surface area contributed by atoms with Gasteiger partial charge in [0.1, 0.15) is 5.75 Å². The van der Waals surface area contributed by atoms with Crippen LogP contribution in [-0.4, -0.2) is 21.1 Å². The van der Waals surface area contributed by atoms with Crippen molar-refractivity contribution in [3.63, 3.8) is 0 Å². The van der Waals surface area contributed by atoms with Crippen LogP contribution >= 0.6 is 0 Å². The Balaban J connectivity index is 2.20. The first kappa shape index (κ1) is 18.3. The van der Waals surface area contributed by atoms with Crippen molar-refractivity contribution in [1.29, 1.82) is 0 Å². The van der Waals surface area contributed by atoms with Gasteiger partial charge in [-0.2, -0.15) is 0 Å². The third-order valence-corrected chi connectivity index (χ3v) is 3.90. The highest BCUT2D eigenvalue weighted by atomic mass is 16.3. The Morgan fingerprint density at radius 1 is 0.773 bits per heavy atom. The monoisotopic (exact) mass is 308 g/mol. The second-order valence-corrected chi connectivity index (χ2v) is 5.86. The molecule has 0 radical (unpaired) electrons. The Kier molecular flexibility index (Phi) is 8.41. The summed E-state index contributed by atoms with van der Waals surface area (Å²) in [6, 6.07) is 2.12. The molecule has 124 valence electrons. The van der Waals surface area contributed by atoms with Crippen LogP contribution in [0.15, 0.2) is 12.1 Å². The van der Waals surface area contributed by atoms with Crippen LogP contribution in [0.3, 0.4) is 0 Å². The number of rotatable bonds is 11. The molecule has 1 rings (SSSR count). The number of carbonyl (C=O) groups excluding carboxylic acids is 1. The maximum atomic E-state index is 12.0. The largest absolute Gasteiger partial charge is 0.507 e. The van der Waals surface area contributed by atoms with Gasteiger partial charge in [-0.3, -0.25) is 4.79 Å². The van der Waals surface area contributed by atoms with Gasteiger partial charge in [0.2, 0.25) is 0 Å². The second kappa shape index (κ2) is 10.1. The van der Waals surface area contributed by atoms with E-state index in [4.69, 9.17) is 0 Å². The highest BCUT2D eigenvalue weighted by Gasteiger charge is 2.14. The van der Waals surface area contributed by atoms with E-state index in [9.17, 15) is 20.1 Å². The zero-order valence-corrected chi connectivity index (χ0v) is 13.5. The number of hydrogen-bond donors (Lipinski definition) is 3. The lowest BCUT2D eigenvalue weighted by Crippen LogP contribution is -1.99. The molecule has 0 saturated carbocycles. The van der Waals surface area contributed by atoms with Gasteiger partial charge in [0.05, 0.1) is 5.56 Å². The molecule has 0 heterocycles. The van der Waals surface area contributed by atoms with Crippen LogP contribution in [0, 0.1) is 0 Å². The average Bonchev–Trinajstić information content (AvgIpc) is 2.49. The van der Waals surface area contributed by atoms with E-state index in [2.05, 4.69) is 6.92 Å². The number of phenols is 3. The lowest BCUT2D eigenvalue weighted by Gasteiger charge is -2.06. The van der Waals surface area contributed by atoms with Crippen LogP contribution in [0.5, 0.6) is 17.2 Å². The number of phenolic OH excluding ortho intramolecular Hbond substituents is 3. The van der Waals surface area contributed by atoms with Crippen molar-refractivity contribution in [3.05, 3.63) is 17.7 Å². The van der Waals surface area contributed by atoms with Crippen molar-refractivity contribution >= 4 is 5.78 Å². The van der Waals surface area contributed by atoms with Gasteiger partial charge < -0.3 is 15.3 Å². The maximum Gasteiger partial charge on any atom is 0.166 e. The first-order valence-corrected chi connectivity index (χ1v) is 8.34. The summed E-state index contributed by atoms with van der Waals surface area (Å²) in [5.41, 5.74) is 0.0786. The molecule has 0 aliphatic carbocycles. The van der Waals surface area contributed by atoms with E-state index in [1.54, 1.807) is 0 Å². The summed E-state index contributed by atoms with van der Waals surface area (Å²) in [6.07, 6.45) is 11.0. The predicted octanol–water partition coefficient (Wildman–Crippen LogP) is 4.91. The minimum atomic E-state index is -0.419. The second-order valence-electron chi connectivity index (χ2n) is 5.86. The summed E-state index contributed by atoms with van der Waals surface area (Å²) >= 11 is 0. The maximum absolute atomic E-state index is 12.0. The van der Waals surface area contributed by atoms with Crippen molar-refractivity contribution in [2.45, 2.75) is 71.1 Å². The van der Waals surface area contributed by atoms with Gasteiger partial charge in [0.15, 0.2) is 17.3 Å². The van der Waals surface area contributed by atoms with Gasteiger partial charge in [-0.15, -0.1) is 0 Å². The Bertz CT molecular complexity index is 468. The SMILES string of the molecule is CCCCCCCCCCCC(=O)c1cc(O)c(O)cc1O. The Hall–Kier alpha value is -1.71. The number of hydrogen-bond acceptors (Lipinski definition) is 4. The first-order chi connectivity index (χ1) is 10.6. The van der Waals surface area contributed by atoms with E-state index in [-0.39, 0.29) is 22.8 Å². The number of aromatic hydroxyl groups is 3. The van der Waals surface area contributed by atoms with Gasteiger partial charge in [0, 0.05) is 12.5 Å². The molecule has 0 aromatic heterocycles. The lowest BCUT2D eigenvalue weighted by molar-refractivity contribution is 0.0976. The van der Waals surface area contributed by atoms with E-state index in [1.165, 1.54) is 38.5 Å². The molecule has 3 N–H and O–H groups in total. The number of ketones is 1. The van der Waals surface area contributed by atoms with Crippen LogP contribution in [0.25, 0.3) is 0 Å². The van der Waals surface area contributed by atoms with Crippen molar-refractivity contribution in [1.82, 2.24) is 0 Å². The van der Waals surface area contributed by atoms with Crippen LogP contribution < -0.4 is 0 Å². The van der Waals surface area contributed by atoms with Crippen molar-refractivity contribution in [2.75, 3.05) is 0 Å². The molecule has 0 aliphatic heterocycles. The van der Waals surface area contributed by atoms with Crippen LogP contribution in [0.4, 0.5) is 0 Å². The van der Waals surface area contributed by atoms with E-state index >= 15 is 0 Å². The predicted molar refractivity (Wildman–Crippen MR) is 87.6 cm³/mol. The van der Waals surface area contributed by atoms with Crippen molar-refractivity contribution in [2.24, 2.45) is 0 Å². The highest BCUT2D eigenvalue weighted by molar-refractivity contribution is 5.99. The standard InChI is InChI=1S/C18H28O4/c1-2-3-4-5-6-7-8-9-10-11-15(19)14-12-17(21)18(22)13-16(14)20/h12-13,20-22H,2-11H2,1H3. The smallest absolute Gasteiger partial charge is 0.166 e. The number of carbonyl (C=O) groups is 1. The molecule has 1 aromatic carbocycles. The van der Waals surface area contributed by atoms with E-state index in [1.807, 2.05) is 0 Å². The Labute approximate surface area is 132 Å². The van der Waals surface area contributed by atoms with Crippen LogP contribution in [-0.2, 0) is 0 Å². The summed E-state index contributed by atoms with van der Waals surface area (Å²) in [7, 11) is 0. The van der Waals surface area contributed by atoms with E-state index < -0.39 is 5.75 Å². The third-order valence-electron chi connectivity index (χ3n) is 3.90. The molecule has 0 bridgehead atoms. The lowest BCUT2D eigenvalue weighted by atomic mass is 10.0. The molecule has 0 saturated heterocycles. The fraction of sp³-hybridized carbons (Fsp3) is 0.611. The Morgan fingerprint density at radius 3 is 1.86 bits per heavy atom. The molecule has 22 heavy (non-hydrogen) atoms. The zero-order chi connectivity index (χ0) is 16.4. The first-order valence-electron chi connectivity index (χ1n) is 8.34. The zero-order valence-electron chi connectivity index (χ0n) is 13.5. The molecule has 0 atom stereocenters. The summed E-state index contributed by atoms with van der Waals surface area (Å²) in [4.78, 5) is 12.0. The van der Waals surface area contributed by atoms with Gasteiger partial charge >= 0.3 is 0 Å². The molecule has 0 aliphatic rings. The van der Waals surface area contributed by atoms with Crippen LogP contribution in [0.1, 0.15) is 81.5 Å². The summed E-state index contributed by atoms with van der Waals surface area (Å²) in [5, 5.41) is 28.3. The fourth-order valence-corrected chi connectivity index (χ4v) is 2.52. The normalized spacial score (nSPS) is 10.8. The third kappa shape index (κ3) is 6.37. The van der Waals surface area contributed by atoms with E-state index in [0.29, 0.717) is 6.42 Å². The van der Waals surface area contributed by atoms with Crippen LogP contribution in [0.2, 0.25) is 0 Å². The minimum Gasteiger partial charge on any atom is -0.507 e. The quantitative estimate of drug-likeness (QED) is 0.235. The van der Waals surface area contributed by atoms with E-state index in [0.717, 1.165) is 31.4 Å². The van der Waals surface area contributed by atoms with Gasteiger partial charge in [-0.05, 0) is 12.5 Å². The summed E-state index contributed by atoms with van der Waals surface area (Å²) in [6.45, 7) is 2.21. The average molecular weight is 308 g/mol. The molecular formula is C18H28O4. The molecule has 1 aromatic rings. The molecule has 4 heteroatoms. The van der Waals surface area contributed by atoms with Gasteiger partial charge in [-0.25, -0.2) is 0 Å². The van der Waals surface area contributed by atoms with Gasteiger partial charge in [-0.1, -0.05) is 58.3 Å². The summed E-state index contributed by atoms with van der Waals surface area (Å²) in [5.74, 6) is -1.28. The van der Waals surface area contributed by atoms with Crippen molar-refractivity contribution in [3.8, 4) is 17.2 Å². The molecule has 0 amide bonds. The number of Topliss-reactive ketones (excluding diaryl/α,β-unsaturated/α-hetero) is 1. The summed E-state index contributed by atoms with van der Waals surface area (Å²) < 4.78 is 0. The van der Waals surface area contributed by atoms with Crippen molar-refractivity contribution < 1.29 is 20.1 Å². The highest BCUT2D eigenvalue weighted by Crippen LogP contribution is 2.33. The Morgan fingerprint density at radius 2 is 1.27 bits per heavy atom. The topological polar surface area (TPSA) is 77.8 Å². The number of benzene rings is 1. The molecule has 0 spiro atoms. The number of unbranched alkanes of at least 4 members (excludes halogenated alkanes) is 8. The molecular weight excluding hydrogens is 280 g/mol.